The highest BCUT2D eigenvalue weighted by atomic mass is 35.5. The second-order valence-electron chi connectivity index (χ2n) is 4.20. The number of benzene rings is 1. The van der Waals surface area contributed by atoms with Crippen molar-refractivity contribution in [3.8, 4) is 0 Å². The van der Waals surface area contributed by atoms with Gasteiger partial charge in [-0.1, -0.05) is 24.6 Å². The standard InChI is InChI=1S/C13H19ClFNO/c1-3-11(17)6-7-16-9(2)10-4-5-12(14)13(15)8-10/h4-5,8-9,11,16-17H,3,6-7H2,1-2H3. The van der Waals surface area contributed by atoms with Gasteiger partial charge in [0, 0.05) is 6.04 Å². The van der Waals surface area contributed by atoms with Crippen molar-refractivity contribution < 1.29 is 9.50 Å². The molecule has 0 amide bonds. The summed E-state index contributed by atoms with van der Waals surface area (Å²) in [5, 5.41) is 12.8. The quantitative estimate of drug-likeness (QED) is 0.822. The first-order chi connectivity index (χ1) is 8.04. The molecule has 1 aromatic carbocycles. The molecule has 2 N–H and O–H groups in total. The summed E-state index contributed by atoms with van der Waals surface area (Å²) in [4.78, 5) is 0. The maximum atomic E-state index is 13.2. The molecule has 0 heterocycles. The van der Waals surface area contributed by atoms with Crippen molar-refractivity contribution in [1.82, 2.24) is 5.32 Å². The predicted molar refractivity (Wildman–Crippen MR) is 68.7 cm³/mol. The number of hydrogen-bond donors (Lipinski definition) is 2. The molecular weight excluding hydrogens is 241 g/mol. The van der Waals surface area contributed by atoms with Crippen LogP contribution in [0.4, 0.5) is 4.39 Å². The Morgan fingerprint density at radius 2 is 2.18 bits per heavy atom. The van der Waals surface area contributed by atoms with Gasteiger partial charge in [-0.25, -0.2) is 4.39 Å². The van der Waals surface area contributed by atoms with Gasteiger partial charge in [0.25, 0.3) is 0 Å². The maximum absolute atomic E-state index is 13.2. The van der Waals surface area contributed by atoms with Gasteiger partial charge in [0.2, 0.25) is 0 Å². The summed E-state index contributed by atoms with van der Waals surface area (Å²) in [6, 6.07) is 4.85. The molecule has 1 aromatic rings. The van der Waals surface area contributed by atoms with Crippen LogP contribution in [-0.4, -0.2) is 17.8 Å². The van der Waals surface area contributed by atoms with Gasteiger partial charge in [-0.15, -0.1) is 0 Å². The Kier molecular flexibility index (Phi) is 5.89. The maximum Gasteiger partial charge on any atom is 0.142 e. The van der Waals surface area contributed by atoms with Crippen molar-refractivity contribution in [2.24, 2.45) is 0 Å². The third-order valence-electron chi connectivity index (χ3n) is 2.84. The monoisotopic (exact) mass is 259 g/mol. The molecular formula is C13H19ClFNO. The van der Waals surface area contributed by atoms with Crippen LogP contribution in [0.2, 0.25) is 5.02 Å². The largest absolute Gasteiger partial charge is 0.393 e. The topological polar surface area (TPSA) is 32.3 Å². The van der Waals surface area contributed by atoms with E-state index in [1.54, 1.807) is 12.1 Å². The normalized spacial score (nSPS) is 14.6. The molecule has 0 bridgehead atoms. The van der Waals surface area contributed by atoms with Crippen molar-refractivity contribution in [2.45, 2.75) is 38.8 Å². The number of aliphatic hydroxyl groups excluding tert-OH is 1. The lowest BCUT2D eigenvalue weighted by Crippen LogP contribution is -2.23. The van der Waals surface area contributed by atoms with E-state index in [2.05, 4.69) is 5.32 Å². The Morgan fingerprint density at radius 1 is 1.47 bits per heavy atom. The van der Waals surface area contributed by atoms with Gasteiger partial charge in [0.15, 0.2) is 0 Å². The first-order valence-electron chi connectivity index (χ1n) is 5.91. The molecule has 0 aromatic heterocycles. The van der Waals surface area contributed by atoms with E-state index >= 15 is 0 Å². The average Bonchev–Trinajstić information content (AvgIpc) is 2.32. The van der Waals surface area contributed by atoms with Crippen LogP contribution < -0.4 is 5.32 Å². The summed E-state index contributed by atoms with van der Waals surface area (Å²) >= 11 is 5.62. The molecule has 0 fully saturated rings. The van der Waals surface area contributed by atoms with E-state index in [9.17, 15) is 9.50 Å². The molecule has 0 radical (unpaired) electrons. The molecule has 0 aliphatic rings. The van der Waals surface area contributed by atoms with E-state index < -0.39 is 5.82 Å². The minimum Gasteiger partial charge on any atom is -0.393 e. The highest BCUT2D eigenvalue weighted by Crippen LogP contribution is 2.20. The Morgan fingerprint density at radius 3 is 2.76 bits per heavy atom. The second kappa shape index (κ2) is 6.94. The van der Waals surface area contributed by atoms with E-state index in [1.807, 2.05) is 13.8 Å². The Labute approximate surface area is 107 Å². The van der Waals surface area contributed by atoms with Crippen molar-refractivity contribution >= 4 is 11.6 Å². The fraction of sp³-hybridized carbons (Fsp3) is 0.538. The van der Waals surface area contributed by atoms with Crippen molar-refractivity contribution in [3.63, 3.8) is 0 Å². The number of aliphatic hydroxyl groups is 1. The molecule has 0 saturated carbocycles. The van der Waals surface area contributed by atoms with E-state index in [-0.39, 0.29) is 17.2 Å². The summed E-state index contributed by atoms with van der Waals surface area (Å²) in [5.74, 6) is -0.397. The van der Waals surface area contributed by atoms with Crippen LogP contribution in [0.25, 0.3) is 0 Å². The molecule has 0 saturated heterocycles. The number of nitrogens with one attached hydrogen (secondary N) is 1. The molecule has 4 heteroatoms. The number of halogens is 2. The van der Waals surface area contributed by atoms with Gasteiger partial charge in [-0.2, -0.15) is 0 Å². The minimum absolute atomic E-state index is 0.0471. The third-order valence-corrected chi connectivity index (χ3v) is 3.15. The molecule has 1 rings (SSSR count). The molecule has 2 atom stereocenters. The summed E-state index contributed by atoms with van der Waals surface area (Å²) in [6.45, 7) is 4.62. The van der Waals surface area contributed by atoms with E-state index in [1.165, 1.54) is 6.07 Å². The lowest BCUT2D eigenvalue weighted by atomic mass is 10.1. The van der Waals surface area contributed by atoms with Crippen LogP contribution >= 0.6 is 11.6 Å². The SMILES string of the molecule is CCC(O)CCNC(C)c1ccc(Cl)c(F)c1. The van der Waals surface area contributed by atoms with E-state index in [0.29, 0.717) is 13.0 Å². The molecule has 0 aliphatic carbocycles. The Hall–Kier alpha value is -0.640. The Bertz CT molecular complexity index is 359. The third kappa shape index (κ3) is 4.62. The summed E-state index contributed by atoms with van der Waals surface area (Å²) in [7, 11) is 0. The summed E-state index contributed by atoms with van der Waals surface area (Å²) in [5.41, 5.74) is 0.859. The van der Waals surface area contributed by atoms with Crippen LogP contribution in [0.1, 0.15) is 38.3 Å². The van der Waals surface area contributed by atoms with Crippen molar-refractivity contribution in [2.75, 3.05) is 6.54 Å². The van der Waals surface area contributed by atoms with Crippen LogP contribution in [0.15, 0.2) is 18.2 Å². The van der Waals surface area contributed by atoms with Gasteiger partial charge >= 0.3 is 0 Å². The van der Waals surface area contributed by atoms with Crippen LogP contribution in [0, 0.1) is 5.82 Å². The second-order valence-corrected chi connectivity index (χ2v) is 4.61. The molecule has 96 valence electrons. The fourth-order valence-electron chi connectivity index (χ4n) is 1.57. The van der Waals surface area contributed by atoms with Gasteiger partial charge in [0.1, 0.15) is 5.82 Å². The first-order valence-corrected chi connectivity index (χ1v) is 6.28. The summed E-state index contributed by atoms with van der Waals surface area (Å²) in [6.07, 6.45) is 1.19. The lowest BCUT2D eigenvalue weighted by Gasteiger charge is -2.16. The van der Waals surface area contributed by atoms with E-state index in [0.717, 1.165) is 12.0 Å². The smallest absolute Gasteiger partial charge is 0.142 e. The minimum atomic E-state index is -0.397. The Balaban J connectivity index is 2.46. The van der Waals surface area contributed by atoms with Gasteiger partial charge in [0.05, 0.1) is 11.1 Å². The summed E-state index contributed by atoms with van der Waals surface area (Å²) < 4.78 is 13.2. The highest BCUT2D eigenvalue weighted by molar-refractivity contribution is 6.30. The number of hydrogen-bond acceptors (Lipinski definition) is 2. The zero-order valence-corrected chi connectivity index (χ0v) is 11.0. The molecule has 2 unspecified atom stereocenters. The lowest BCUT2D eigenvalue weighted by molar-refractivity contribution is 0.159. The van der Waals surface area contributed by atoms with E-state index in [4.69, 9.17) is 11.6 Å². The van der Waals surface area contributed by atoms with Crippen LogP contribution in [0.5, 0.6) is 0 Å². The molecule has 0 spiro atoms. The zero-order chi connectivity index (χ0) is 12.8. The van der Waals surface area contributed by atoms with Crippen molar-refractivity contribution in [3.05, 3.63) is 34.6 Å². The number of rotatable bonds is 6. The predicted octanol–water partition coefficient (Wildman–Crippen LogP) is 3.29. The average molecular weight is 260 g/mol. The van der Waals surface area contributed by atoms with Gasteiger partial charge in [-0.05, 0) is 44.0 Å². The fourth-order valence-corrected chi connectivity index (χ4v) is 1.69. The molecule has 2 nitrogen and oxygen atoms in total. The highest BCUT2D eigenvalue weighted by Gasteiger charge is 2.08. The van der Waals surface area contributed by atoms with Crippen LogP contribution in [0.3, 0.4) is 0 Å². The van der Waals surface area contributed by atoms with Crippen LogP contribution in [-0.2, 0) is 0 Å². The van der Waals surface area contributed by atoms with Crippen molar-refractivity contribution in [1.29, 1.82) is 0 Å². The van der Waals surface area contributed by atoms with Gasteiger partial charge < -0.3 is 10.4 Å². The molecule has 17 heavy (non-hydrogen) atoms. The molecule has 0 aliphatic heterocycles. The first kappa shape index (κ1) is 14.4. The zero-order valence-electron chi connectivity index (χ0n) is 10.2. The van der Waals surface area contributed by atoms with Gasteiger partial charge in [-0.3, -0.25) is 0 Å².